The van der Waals surface area contributed by atoms with Crippen LogP contribution in [-0.2, 0) is 21.3 Å². The lowest BCUT2D eigenvalue weighted by Crippen LogP contribution is -2.56. The Morgan fingerprint density at radius 1 is 1.17 bits per heavy atom. The molecule has 0 amide bonds. The van der Waals surface area contributed by atoms with Crippen LogP contribution in [0.15, 0.2) is 34.2 Å². The normalized spacial score (nSPS) is 16.8. The summed E-state index contributed by atoms with van der Waals surface area (Å²) in [5.41, 5.74) is 0.940. The van der Waals surface area contributed by atoms with Crippen LogP contribution in [0.2, 0.25) is 0 Å². The molecule has 0 aromatic heterocycles. The number of hydrogen-bond acceptors (Lipinski definition) is 5. The molecule has 1 saturated heterocycles. The fourth-order valence-corrected chi connectivity index (χ4v) is 3.97. The van der Waals surface area contributed by atoms with Gasteiger partial charge in [-0.2, -0.15) is 0 Å². The minimum absolute atomic E-state index is 0.0117. The van der Waals surface area contributed by atoms with Crippen molar-refractivity contribution >= 4 is 16.0 Å². The van der Waals surface area contributed by atoms with Crippen LogP contribution >= 0.6 is 0 Å². The predicted molar refractivity (Wildman–Crippen MR) is 117 cm³/mol. The van der Waals surface area contributed by atoms with Crippen LogP contribution < -0.4 is 10.6 Å². The number of nitrogens with one attached hydrogen (secondary N) is 2. The summed E-state index contributed by atoms with van der Waals surface area (Å²) in [5, 5.41) is 6.70. The molecule has 9 heteroatoms. The third kappa shape index (κ3) is 6.67. The molecule has 0 saturated carbocycles. The lowest BCUT2D eigenvalue weighted by atomic mass is 10.0. The first-order valence-corrected chi connectivity index (χ1v) is 11.5. The zero-order chi connectivity index (χ0) is 21.5. The van der Waals surface area contributed by atoms with Crippen LogP contribution in [0.5, 0.6) is 0 Å². The number of rotatable bonds is 8. The molecule has 2 rings (SSSR count). The van der Waals surface area contributed by atoms with Crippen molar-refractivity contribution in [2.45, 2.75) is 37.8 Å². The van der Waals surface area contributed by atoms with Crippen molar-refractivity contribution in [2.24, 2.45) is 4.99 Å². The average Bonchev–Trinajstić information content (AvgIpc) is 2.71. The van der Waals surface area contributed by atoms with Crippen LogP contribution in [0.25, 0.3) is 0 Å². The van der Waals surface area contributed by atoms with Crippen molar-refractivity contribution in [1.82, 2.24) is 19.8 Å². The van der Waals surface area contributed by atoms with Crippen LogP contribution in [0.4, 0.5) is 0 Å². The van der Waals surface area contributed by atoms with Gasteiger partial charge in [0.15, 0.2) is 5.96 Å². The maximum Gasteiger partial charge on any atom is 0.242 e. The molecular weight excluding hydrogens is 390 g/mol. The highest BCUT2D eigenvalue weighted by Gasteiger charge is 2.28. The molecule has 0 spiro atoms. The first kappa shape index (κ1) is 23.6. The summed E-state index contributed by atoms with van der Waals surface area (Å²) in [6.45, 7) is 11.9. The van der Waals surface area contributed by atoms with Crippen molar-refractivity contribution in [1.29, 1.82) is 0 Å². The van der Waals surface area contributed by atoms with E-state index < -0.39 is 10.0 Å². The fraction of sp³-hybridized carbons (Fsp3) is 0.650. The van der Waals surface area contributed by atoms with Crippen LogP contribution in [0.1, 0.15) is 26.3 Å². The third-order valence-corrected chi connectivity index (χ3v) is 6.85. The maximum absolute atomic E-state index is 12.2. The number of guanidine groups is 1. The lowest BCUT2D eigenvalue weighted by Gasteiger charge is -2.41. The Morgan fingerprint density at radius 3 is 2.34 bits per heavy atom. The molecule has 0 aliphatic carbocycles. The van der Waals surface area contributed by atoms with Gasteiger partial charge in [-0.25, -0.2) is 17.7 Å². The summed E-state index contributed by atoms with van der Waals surface area (Å²) in [6, 6.07) is 6.87. The Kier molecular flexibility index (Phi) is 8.45. The van der Waals surface area contributed by atoms with E-state index in [1.807, 2.05) is 6.92 Å². The summed E-state index contributed by atoms with van der Waals surface area (Å²) >= 11 is 0. The van der Waals surface area contributed by atoms with Crippen LogP contribution in [0.3, 0.4) is 0 Å². The Balaban J connectivity index is 1.99. The van der Waals surface area contributed by atoms with Gasteiger partial charge in [0.05, 0.1) is 24.7 Å². The quantitative estimate of drug-likeness (QED) is 0.479. The van der Waals surface area contributed by atoms with Gasteiger partial charge in [-0.05, 0) is 38.5 Å². The number of aliphatic imine (C=N–C) groups is 1. The summed E-state index contributed by atoms with van der Waals surface area (Å²) in [6.07, 6.45) is 0. The smallest absolute Gasteiger partial charge is 0.242 e. The van der Waals surface area contributed by atoms with Gasteiger partial charge in [0.2, 0.25) is 10.0 Å². The zero-order valence-electron chi connectivity index (χ0n) is 18.2. The number of ether oxygens (including phenoxy) is 1. The van der Waals surface area contributed by atoms with E-state index in [4.69, 9.17) is 4.74 Å². The van der Waals surface area contributed by atoms with E-state index in [1.165, 1.54) is 18.4 Å². The molecule has 1 fully saturated rings. The third-order valence-electron chi connectivity index (χ3n) is 5.02. The maximum atomic E-state index is 12.2. The van der Waals surface area contributed by atoms with E-state index in [-0.39, 0.29) is 10.4 Å². The van der Waals surface area contributed by atoms with Gasteiger partial charge in [0, 0.05) is 45.8 Å². The van der Waals surface area contributed by atoms with Crippen molar-refractivity contribution in [2.75, 3.05) is 53.5 Å². The first-order chi connectivity index (χ1) is 13.7. The minimum atomic E-state index is -3.41. The van der Waals surface area contributed by atoms with Gasteiger partial charge < -0.3 is 15.4 Å². The predicted octanol–water partition coefficient (Wildman–Crippen LogP) is 1.10. The molecule has 1 aromatic carbocycles. The van der Waals surface area contributed by atoms with E-state index >= 15 is 0 Å². The van der Waals surface area contributed by atoms with E-state index in [9.17, 15) is 8.42 Å². The van der Waals surface area contributed by atoms with E-state index in [2.05, 4.69) is 34.4 Å². The number of benzene rings is 1. The number of morpholine rings is 1. The molecule has 0 bridgehead atoms. The highest BCUT2D eigenvalue weighted by Crippen LogP contribution is 2.16. The molecule has 0 unspecified atom stereocenters. The Labute approximate surface area is 175 Å². The molecule has 1 aliphatic rings. The molecule has 1 aromatic rings. The number of nitrogens with zero attached hydrogens (tertiary/aromatic N) is 3. The molecule has 1 heterocycles. The molecule has 164 valence electrons. The summed E-state index contributed by atoms with van der Waals surface area (Å²) < 4.78 is 31.0. The Hall–Kier alpha value is -1.68. The van der Waals surface area contributed by atoms with E-state index in [0.717, 1.165) is 50.9 Å². The molecule has 8 nitrogen and oxygen atoms in total. The van der Waals surface area contributed by atoms with Crippen LogP contribution in [-0.4, -0.2) is 82.6 Å². The van der Waals surface area contributed by atoms with Gasteiger partial charge in [-0.15, -0.1) is 0 Å². The highest BCUT2D eigenvalue weighted by molar-refractivity contribution is 7.89. The van der Waals surface area contributed by atoms with E-state index in [0.29, 0.717) is 6.54 Å². The Bertz CT molecular complexity index is 770. The van der Waals surface area contributed by atoms with Gasteiger partial charge >= 0.3 is 0 Å². The molecule has 2 N–H and O–H groups in total. The number of sulfonamides is 1. The molecule has 0 atom stereocenters. The summed E-state index contributed by atoms with van der Waals surface area (Å²) in [7, 11) is -0.354. The highest BCUT2D eigenvalue weighted by atomic mass is 32.2. The second-order valence-corrected chi connectivity index (χ2v) is 10.0. The fourth-order valence-electron chi connectivity index (χ4n) is 3.07. The van der Waals surface area contributed by atoms with Crippen molar-refractivity contribution in [3.05, 3.63) is 29.8 Å². The molecule has 0 radical (unpaired) electrons. The first-order valence-electron chi connectivity index (χ1n) is 10.0. The van der Waals surface area contributed by atoms with Crippen molar-refractivity contribution in [3.63, 3.8) is 0 Å². The summed E-state index contributed by atoms with van der Waals surface area (Å²) in [5.74, 6) is 0.749. The topological polar surface area (TPSA) is 86.3 Å². The van der Waals surface area contributed by atoms with Crippen molar-refractivity contribution < 1.29 is 13.2 Å². The van der Waals surface area contributed by atoms with Gasteiger partial charge in [-0.1, -0.05) is 12.1 Å². The lowest BCUT2D eigenvalue weighted by molar-refractivity contribution is -0.00834. The molecule has 29 heavy (non-hydrogen) atoms. The standard InChI is InChI=1S/C20H35N5O3S/c1-6-21-19(23-16-20(2,3)25-11-13-28-14-12-25)22-15-17-7-9-18(10-8-17)29(26,27)24(4)5/h7-10H,6,11-16H2,1-5H3,(H2,21,22,23). The van der Waals surface area contributed by atoms with Gasteiger partial charge in [0.1, 0.15) is 0 Å². The largest absolute Gasteiger partial charge is 0.379 e. The minimum Gasteiger partial charge on any atom is -0.379 e. The zero-order valence-corrected chi connectivity index (χ0v) is 19.1. The Morgan fingerprint density at radius 2 is 1.79 bits per heavy atom. The van der Waals surface area contributed by atoms with Crippen LogP contribution in [0, 0.1) is 0 Å². The van der Waals surface area contributed by atoms with Gasteiger partial charge in [-0.3, -0.25) is 4.90 Å². The second-order valence-electron chi connectivity index (χ2n) is 7.89. The monoisotopic (exact) mass is 425 g/mol. The molecule has 1 aliphatic heterocycles. The average molecular weight is 426 g/mol. The van der Waals surface area contributed by atoms with Gasteiger partial charge in [0.25, 0.3) is 0 Å². The van der Waals surface area contributed by atoms with Crippen molar-refractivity contribution in [3.8, 4) is 0 Å². The second kappa shape index (κ2) is 10.4. The van der Waals surface area contributed by atoms with E-state index in [1.54, 1.807) is 24.3 Å². The SMILES string of the molecule is CCNC(=NCc1ccc(S(=O)(=O)N(C)C)cc1)NCC(C)(C)N1CCOCC1. The molecular formula is C20H35N5O3S. The summed E-state index contributed by atoms with van der Waals surface area (Å²) in [4.78, 5) is 7.36. The number of hydrogen-bond donors (Lipinski definition) is 2.